The van der Waals surface area contributed by atoms with Gasteiger partial charge in [0.25, 0.3) is 0 Å². The van der Waals surface area contributed by atoms with Gasteiger partial charge >= 0.3 is 5.97 Å². The highest BCUT2D eigenvalue weighted by Gasteiger charge is 2.32. The SMILES string of the molecule is COC(=O)[C@H](c1ccccc1Cl)N1CCc2sccc2C1.O=S(=O)([O-])O.[NH4+]. The van der Waals surface area contributed by atoms with Crippen molar-refractivity contribution in [3.8, 4) is 0 Å². The van der Waals surface area contributed by atoms with E-state index in [1.807, 2.05) is 24.3 Å². The minimum atomic E-state index is -4.92. The third kappa shape index (κ3) is 6.85. The first kappa shape index (κ1) is 23.5. The van der Waals surface area contributed by atoms with Crippen LogP contribution in [0.2, 0.25) is 5.02 Å². The zero-order valence-electron chi connectivity index (χ0n) is 14.8. The number of thiophene rings is 1. The van der Waals surface area contributed by atoms with Crippen LogP contribution < -0.4 is 6.15 Å². The van der Waals surface area contributed by atoms with Gasteiger partial charge in [-0.3, -0.25) is 9.45 Å². The molecule has 1 aliphatic rings. The van der Waals surface area contributed by atoms with Gasteiger partial charge in [-0.05, 0) is 35.1 Å². The lowest BCUT2D eigenvalue weighted by Gasteiger charge is -2.33. The highest BCUT2D eigenvalue weighted by Crippen LogP contribution is 2.33. The van der Waals surface area contributed by atoms with Crippen molar-refractivity contribution in [1.82, 2.24) is 11.1 Å². The summed E-state index contributed by atoms with van der Waals surface area (Å²) >= 11 is 8.07. The van der Waals surface area contributed by atoms with Crippen molar-refractivity contribution < 1.29 is 27.1 Å². The number of hydrogen-bond acceptors (Lipinski definition) is 7. The van der Waals surface area contributed by atoms with E-state index >= 15 is 0 Å². The van der Waals surface area contributed by atoms with E-state index in [0.29, 0.717) is 5.02 Å². The van der Waals surface area contributed by atoms with Crippen LogP contribution in [-0.4, -0.2) is 42.0 Å². The van der Waals surface area contributed by atoms with Crippen molar-refractivity contribution in [3.63, 3.8) is 0 Å². The predicted octanol–water partition coefficient (Wildman–Crippen LogP) is 3.05. The molecule has 1 atom stereocenters. The molecule has 1 aromatic heterocycles. The summed E-state index contributed by atoms with van der Waals surface area (Å²) in [6, 6.07) is 9.16. The molecule has 27 heavy (non-hydrogen) atoms. The van der Waals surface area contributed by atoms with E-state index in [9.17, 15) is 4.79 Å². The van der Waals surface area contributed by atoms with Crippen molar-refractivity contribution in [3.05, 3.63) is 56.7 Å². The topological polar surface area (TPSA) is 143 Å². The van der Waals surface area contributed by atoms with Gasteiger partial charge < -0.3 is 15.4 Å². The van der Waals surface area contributed by atoms with Crippen LogP contribution in [0.1, 0.15) is 22.0 Å². The van der Waals surface area contributed by atoms with Gasteiger partial charge in [0.15, 0.2) is 0 Å². The van der Waals surface area contributed by atoms with Gasteiger partial charge in [-0.2, -0.15) is 0 Å². The quantitative estimate of drug-likeness (QED) is 0.427. The van der Waals surface area contributed by atoms with E-state index in [1.165, 1.54) is 17.6 Å². The van der Waals surface area contributed by atoms with Gasteiger partial charge in [-0.1, -0.05) is 29.8 Å². The lowest BCUT2D eigenvalue weighted by molar-refractivity contribution is -0.147. The van der Waals surface area contributed by atoms with Gasteiger partial charge in [0.2, 0.25) is 10.4 Å². The van der Waals surface area contributed by atoms with Crippen molar-refractivity contribution >= 4 is 39.3 Å². The Morgan fingerprint density at radius 1 is 1.37 bits per heavy atom. The maximum Gasteiger partial charge on any atom is 0.327 e. The van der Waals surface area contributed by atoms with E-state index in [2.05, 4.69) is 16.3 Å². The molecule has 0 amide bonds. The summed E-state index contributed by atoms with van der Waals surface area (Å²) in [6.07, 6.45) is 0.963. The number of halogens is 1. The Labute approximate surface area is 166 Å². The molecule has 0 fully saturated rings. The fraction of sp³-hybridized carbons (Fsp3) is 0.312. The molecule has 2 aromatic rings. The first-order chi connectivity index (χ1) is 12.2. The Kier molecular flexibility index (Phi) is 8.82. The van der Waals surface area contributed by atoms with Gasteiger partial charge in [0.1, 0.15) is 6.04 Å². The van der Waals surface area contributed by atoms with Crippen LogP contribution in [0.4, 0.5) is 0 Å². The highest BCUT2D eigenvalue weighted by atomic mass is 35.5. The summed E-state index contributed by atoms with van der Waals surface area (Å²) < 4.78 is 37.8. The standard InChI is InChI=1S/C16H16ClNO2S.H3N.H2O4S/c1-20-16(19)15(12-4-2-3-5-13(12)17)18-8-6-14-11(10-18)7-9-21-14;;1-5(2,3)4/h2-5,7,9,15H,6,8,10H2,1H3;1H3;(H2,1,2,3,4)/t15-;;/m0../s1. The minimum Gasteiger partial charge on any atom is -0.726 e. The van der Waals surface area contributed by atoms with Gasteiger partial charge in [0.05, 0.1) is 7.11 Å². The molecule has 1 aliphatic heterocycles. The molecule has 150 valence electrons. The number of carbonyl (C=O) groups excluding carboxylic acids is 1. The molecule has 8 nitrogen and oxygen atoms in total. The number of fused-ring (bicyclic) bond motifs is 1. The number of methoxy groups -OCH3 is 1. The molecule has 11 heteroatoms. The molecule has 0 saturated carbocycles. The van der Waals surface area contributed by atoms with Crippen LogP contribution in [0.15, 0.2) is 35.7 Å². The smallest absolute Gasteiger partial charge is 0.327 e. The van der Waals surface area contributed by atoms with Crippen LogP contribution in [0.3, 0.4) is 0 Å². The average Bonchev–Trinajstić information content (AvgIpc) is 3.03. The number of carbonyl (C=O) groups is 1. The van der Waals surface area contributed by atoms with Gasteiger partial charge in [-0.25, -0.2) is 13.2 Å². The fourth-order valence-electron chi connectivity index (χ4n) is 2.77. The van der Waals surface area contributed by atoms with E-state index in [-0.39, 0.29) is 12.1 Å². The summed E-state index contributed by atoms with van der Waals surface area (Å²) in [5, 5.41) is 2.71. The summed E-state index contributed by atoms with van der Waals surface area (Å²) in [5.74, 6) is -0.262. The van der Waals surface area contributed by atoms with Gasteiger partial charge in [0, 0.05) is 23.0 Å². The second kappa shape index (κ2) is 10.1. The molecule has 2 heterocycles. The first-order valence-electron chi connectivity index (χ1n) is 7.50. The third-order valence-corrected chi connectivity index (χ3v) is 5.19. The van der Waals surface area contributed by atoms with Crippen molar-refractivity contribution in [1.29, 1.82) is 0 Å². The predicted molar refractivity (Wildman–Crippen MR) is 103 cm³/mol. The Balaban J connectivity index is 0.000000542. The number of hydrogen-bond donors (Lipinski definition) is 2. The number of rotatable bonds is 3. The van der Waals surface area contributed by atoms with Gasteiger partial charge in [-0.15, -0.1) is 11.3 Å². The van der Waals surface area contributed by atoms with E-state index < -0.39 is 16.4 Å². The molecule has 0 saturated heterocycles. The van der Waals surface area contributed by atoms with Crippen molar-refractivity contribution in [2.75, 3.05) is 13.7 Å². The number of benzene rings is 1. The van der Waals surface area contributed by atoms with Crippen LogP contribution in [0.5, 0.6) is 0 Å². The first-order valence-corrected chi connectivity index (χ1v) is 10.1. The monoisotopic (exact) mass is 436 g/mol. The zero-order chi connectivity index (χ0) is 19.3. The van der Waals surface area contributed by atoms with E-state index in [0.717, 1.165) is 25.1 Å². The lowest BCUT2D eigenvalue weighted by Crippen LogP contribution is -2.38. The summed E-state index contributed by atoms with van der Waals surface area (Å²) in [7, 11) is -3.49. The number of nitrogens with zero attached hydrogens (tertiary/aromatic N) is 1. The van der Waals surface area contributed by atoms with Crippen molar-refractivity contribution in [2.45, 2.75) is 19.0 Å². The molecule has 1 aromatic carbocycles. The summed E-state index contributed by atoms with van der Waals surface area (Å²) in [5.41, 5.74) is 2.11. The molecular formula is C16H21ClN2O6S2. The Morgan fingerprint density at radius 3 is 2.59 bits per heavy atom. The summed E-state index contributed by atoms with van der Waals surface area (Å²) in [4.78, 5) is 15.8. The third-order valence-electron chi connectivity index (χ3n) is 3.83. The van der Waals surface area contributed by atoms with E-state index in [4.69, 9.17) is 33.9 Å². The van der Waals surface area contributed by atoms with Crippen LogP contribution in [0.25, 0.3) is 0 Å². The molecule has 0 spiro atoms. The molecule has 5 N–H and O–H groups in total. The highest BCUT2D eigenvalue weighted by molar-refractivity contribution is 7.79. The molecule has 0 aliphatic carbocycles. The lowest BCUT2D eigenvalue weighted by atomic mass is 10.0. The fourth-order valence-corrected chi connectivity index (χ4v) is 3.90. The number of ether oxygens (including phenoxy) is 1. The molecular weight excluding hydrogens is 416 g/mol. The zero-order valence-corrected chi connectivity index (χ0v) is 17.2. The molecule has 0 radical (unpaired) electrons. The average molecular weight is 437 g/mol. The second-order valence-electron chi connectivity index (χ2n) is 5.46. The molecule has 3 rings (SSSR count). The normalized spacial score (nSPS) is 14.8. The van der Waals surface area contributed by atoms with Crippen LogP contribution in [0, 0.1) is 0 Å². The van der Waals surface area contributed by atoms with Crippen molar-refractivity contribution in [2.24, 2.45) is 0 Å². The maximum atomic E-state index is 12.3. The molecule has 0 unspecified atom stereocenters. The molecule has 0 bridgehead atoms. The minimum absolute atomic E-state index is 0. The van der Waals surface area contributed by atoms with Crippen LogP contribution >= 0.6 is 22.9 Å². The Bertz CT molecular complexity index is 863. The second-order valence-corrected chi connectivity index (χ2v) is 7.73. The van der Waals surface area contributed by atoms with E-state index in [1.54, 1.807) is 11.3 Å². The maximum absolute atomic E-state index is 12.3. The van der Waals surface area contributed by atoms with Crippen LogP contribution in [-0.2, 0) is 32.9 Å². The Hall–Kier alpha value is -1.53. The number of quaternary nitrogens is 1. The summed E-state index contributed by atoms with van der Waals surface area (Å²) in [6.45, 7) is 1.59. The largest absolute Gasteiger partial charge is 0.726 e. The number of esters is 1. The Morgan fingerprint density at radius 2 is 2.00 bits per heavy atom.